The summed E-state index contributed by atoms with van der Waals surface area (Å²) < 4.78 is 5.65. The van der Waals surface area contributed by atoms with Gasteiger partial charge in [-0.25, -0.2) is 0 Å². The van der Waals surface area contributed by atoms with Gasteiger partial charge in [-0.15, -0.1) is 0 Å². The Morgan fingerprint density at radius 1 is 1.36 bits per heavy atom. The van der Waals surface area contributed by atoms with Crippen LogP contribution in [0, 0.1) is 13.8 Å². The van der Waals surface area contributed by atoms with Crippen LogP contribution in [0.15, 0.2) is 35.0 Å². The zero-order valence-corrected chi connectivity index (χ0v) is 13.7. The van der Waals surface area contributed by atoms with E-state index < -0.39 is 6.10 Å². The largest absolute Gasteiger partial charge is 0.493 e. The number of aliphatic hydroxyl groups excluding tert-OH is 1. The third kappa shape index (κ3) is 4.58. The molecule has 2 rings (SSSR count). The predicted octanol–water partition coefficient (Wildman–Crippen LogP) is 2.98. The number of aliphatic hydroxyl groups is 1. The van der Waals surface area contributed by atoms with Crippen molar-refractivity contribution in [3.05, 3.63) is 51.7 Å². The smallest absolute Gasteiger partial charge is 0.223 e. The molecule has 1 heterocycles. The zero-order valence-electron chi connectivity index (χ0n) is 12.8. The number of carbonyl (C=O) groups excluding carboxylic acids is 1. The maximum Gasteiger partial charge on any atom is 0.223 e. The minimum absolute atomic E-state index is 0.125. The van der Waals surface area contributed by atoms with E-state index in [1.807, 2.05) is 48.9 Å². The summed E-state index contributed by atoms with van der Waals surface area (Å²) in [5, 5.41) is 16.4. The highest BCUT2D eigenvalue weighted by Crippen LogP contribution is 2.20. The molecule has 1 aromatic carbocycles. The van der Waals surface area contributed by atoms with E-state index in [1.54, 1.807) is 0 Å². The fourth-order valence-electron chi connectivity index (χ4n) is 2.02. The minimum atomic E-state index is -0.657. The Balaban J connectivity index is 1.71. The van der Waals surface area contributed by atoms with Crippen LogP contribution in [0.5, 0.6) is 5.75 Å². The molecule has 0 aliphatic heterocycles. The number of rotatable bonds is 7. The Morgan fingerprint density at radius 3 is 2.91 bits per heavy atom. The van der Waals surface area contributed by atoms with Crippen LogP contribution < -0.4 is 10.1 Å². The van der Waals surface area contributed by atoms with Gasteiger partial charge in [-0.1, -0.05) is 12.1 Å². The summed E-state index contributed by atoms with van der Waals surface area (Å²) >= 11 is 1.52. The molecule has 0 spiro atoms. The van der Waals surface area contributed by atoms with Gasteiger partial charge < -0.3 is 15.2 Å². The van der Waals surface area contributed by atoms with Gasteiger partial charge in [0.2, 0.25) is 5.91 Å². The van der Waals surface area contributed by atoms with E-state index in [-0.39, 0.29) is 18.9 Å². The third-order valence-electron chi connectivity index (χ3n) is 3.56. The predicted molar refractivity (Wildman–Crippen MR) is 88.3 cm³/mol. The molecular formula is C17H21NO3S. The standard InChI is InChI=1S/C17H21NO3S/c1-12-4-3-5-16(13(12)2)21-8-6-17(20)18-10-15(19)14-7-9-22-11-14/h3-5,7,9,11,15,19H,6,8,10H2,1-2H3,(H,18,20). The average Bonchev–Trinajstić information content (AvgIpc) is 3.03. The summed E-state index contributed by atoms with van der Waals surface area (Å²) in [5.74, 6) is 0.686. The van der Waals surface area contributed by atoms with E-state index in [9.17, 15) is 9.90 Å². The maximum absolute atomic E-state index is 11.8. The Kier molecular flexibility index (Phi) is 5.98. The van der Waals surface area contributed by atoms with Crippen LogP contribution in [0.4, 0.5) is 0 Å². The first kappa shape index (κ1) is 16.5. The maximum atomic E-state index is 11.8. The van der Waals surface area contributed by atoms with Crippen LogP contribution in [0.1, 0.15) is 29.2 Å². The van der Waals surface area contributed by atoms with Crippen LogP contribution in [0.25, 0.3) is 0 Å². The second-order valence-electron chi connectivity index (χ2n) is 5.17. The number of carbonyl (C=O) groups is 1. The van der Waals surface area contributed by atoms with E-state index in [4.69, 9.17) is 4.74 Å². The van der Waals surface area contributed by atoms with Gasteiger partial charge in [-0.05, 0) is 53.4 Å². The number of aryl methyl sites for hydroxylation is 1. The lowest BCUT2D eigenvalue weighted by Crippen LogP contribution is -2.29. The number of benzene rings is 1. The second kappa shape index (κ2) is 7.96. The monoisotopic (exact) mass is 319 g/mol. The van der Waals surface area contributed by atoms with Crippen molar-refractivity contribution in [3.63, 3.8) is 0 Å². The summed E-state index contributed by atoms with van der Waals surface area (Å²) in [6.45, 7) is 4.58. The molecule has 0 aliphatic carbocycles. The topological polar surface area (TPSA) is 58.6 Å². The first-order valence-corrected chi connectivity index (χ1v) is 8.18. The van der Waals surface area contributed by atoms with Crippen LogP contribution >= 0.6 is 11.3 Å². The van der Waals surface area contributed by atoms with Gasteiger partial charge in [0.1, 0.15) is 5.75 Å². The van der Waals surface area contributed by atoms with Crippen molar-refractivity contribution in [1.29, 1.82) is 0 Å². The molecular weight excluding hydrogens is 298 g/mol. The molecule has 0 aliphatic rings. The molecule has 0 saturated carbocycles. The van der Waals surface area contributed by atoms with Crippen LogP contribution in [0.2, 0.25) is 0 Å². The highest BCUT2D eigenvalue weighted by Gasteiger charge is 2.10. The van der Waals surface area contributed by atoms with Crippen LogP contribution in [-0.4, -0.2) is 24.2 Å². The van der Waals surface area contributed by atoms with Crippen LogP contribution in [-0.2, 0) is 4.79 Å². The molecule has 5 heteroatoms. The molecule has 0 bridgehead atoms. The zero-order chi connectivity index (χ0) is 15.9. The number of hydrogen-bond acceptors (Lipinski definition) is 4. The number of hydrogen-bond donors (Lipinski definition) is 2. The molecule has 4 nitrogen and oxygen atoms in total. The van der Waals surface area contributed by atoms with E-state index in [2.05, 4.69) is 5.32 Å². The molecule has 1 unspecified atom stereocenters. The molecule has 22 heavy (non-hydrogen) atoms. The van der Waals surface area contributed by atoms with E-state index >= 15 is 0 Å². The van der Waals surface area contributed by atoms with Gasteiger partial charge in [0, 0.05) is 6.54 Å². The summed E-state index contributed by atoms with van der Waals surface area (Å²) in [6.07, 6.45) is -0.390. The summed E-state index contributed by atoms with van der Waals surface area (Å²) in [5.41, 5.74) is 3.09. The Labute approximate surface area is 134 Å². The van der Waals surface area contributed by atoms with Gasteiger partial charge in [-0.3, -0.25) is 4.79 Å². The van der Waals surface area contributed by atoms with Gasteiger partial charge in [0.05, 0.1) is 19.1 Å². The van der Waals surface area contributed by atoms with Crippen molar-refractivity contribution in [1.82, 2.24) is 5.32 Å². The van der Waals surface area contributed by atoms with Gasteiger partial charge in [0.15, 0.2) is 0 Å². The Bertz CT molecular complexity index is 610. The lowest BCUT2D eigenvalue weighted by molar-refractivity contribution is -0.122. The fourth-order valence-corrected chi connectivity index (χ4v) is 2.72. The summed E-state index contributed by atoms with van der Waals surface area (Å²) in [6, 6.07) is 7.72. The summed E-state index contributed by atoms with van der Waals surface area (Å²) in [7, 11) is 0. The van der Waals surface area contributed by atoms with Gasteiger partial charge in [0.25, 0.3) is 0 Å². The number of ether oxygens (including phenoxy) is 1. The van der Waals surface area contributed by atoms with E-state index in [0.29, 0.717) is 6.61 Å². The number of amides is 1. The van der Waals surface area contributed by atoms with E-state index in [1.165, 1.54) is 16.9 Å². The second-order valence-corrected chi connectivity index (χ2v) is 5.95. The van der Waals surface area contributed by atoms with Gasteiger partial charge in [-0.2, -0.15) is 11.3 Å². The Morgan fingerprint density at radius 2 is 2.18 bits per heavy atom. The van der Waals surface area contributed by atoms with Crippen LogP contribution in [0.3, 0.4) is 0 Å². The lowest BCUT2D eigenvalue weighted by Gasteiger charge is -2.12. The third-order valence-corrected chi connectivity index (χ3v) is 4.26. The molecule has 118 valence electrons. The van der Waals surface area contributed by atoms with Crippen molar-refractivity contribution in [3.8, 4) is 5.75 Å². The fraction of sp³-hybridized carbons (Fsp3) is 0.353. The molecule has 0 fully saturated rings. The number of thiophene rings is 1. The molecule has 1 atom stereocenters. The van der Waals surface area contributed by atoms with Crippen molar-refractivity contribution in [2.45, 2.75) is 26.4 Å². The molecule has 0 saturated heterocycles. The van der Waals surface area contributed by atoms with Gasteiger partial charge >= 0.3 is 0 Å². The normalized spacial score (nSPS) is 12.0. The molecule has 1 amide bonds. The molecule has 1 aromatic heterocycles. The molecule has 2 aromatic rings. The average molecular weight is 319 g/mol. The van der Waals surface area contributed by atoms with E-state index in [0.717, 1.165) is 16.9 Å². The Hall–Kier alpha value is -1.85. The van der Waals surface area contributed by atoms with Crippen molar-refractivity contribution >= 4 is 17.2 Å². The first-order chi connectivity index (χ1) is 10.6. The number of nitrogens with one attached hydrogen (secondary N) is 1. The molecule has 2 N–H and O–H groups in total. The summed E-state index contributed by atoms with van der Waals surface area (Å²) in [4.78, 5) is 11.8. The first-order valence-electron chi connectivity index (χ1n) is 7.24. The van der Waals surface area contributed by atoms with Crippen molar-refractivity contribution < 1.29 is 14.6 Å². The van der Waals surface area contributed by atoms with Crippen molar-refractivity contribution in [2.24, 2.45) is 0 Å². The molecule has 0 radical (unpaired) electrons. The van der Waals surface area contributed by atoms with Crippen molar-refractivity contribution in [2.75, 3.05) is 13.2 Å². The minimum Gasteiger partial charge on any atom is -0.493 e. The highest BCUT2D eigenvalue weighted by atomic mass is 32.1. The SMILES string of the molecule is Cc1cccc(OCCC(=O)NCC(O)c2ccsc2)c1C. The lowest BCUT2D eigenvalue weighted by atomic mass is 10.1. The quantitative estimate of drug-likeness (QED) is 0.825. The highest BCUT2D eigenvalue weighted by molar-refractivity contribution is 7.07.